The lowest BCUT2D eigenvalue weighted by Crippen LogP contribution is -2.54. The molecule has 0 saturated carbocycles. The maximum atomic E-state index is 12.9. The molecule has 150 valence electrons. The maximum Gasteiger partial charge on any atom is 0.241 e. The van der Waals surface area contributed by atoms with Crippen LogP contribution in [0.4, 0.5) is 0 Å². The van der Waals surface area contributed by atoms with Crippen molar-refractivity contribution in [1.82, 2.24) is 14.5 Å². The number of carbonyl (C=O) groups excluding carboxylic acids is 2. The average molecular weight is 388 g/mol. The topological polar surface area (TPSA) is 86.8 Å². The second kappa shape index (κ2) is 8.69. The molecule has 2 amide bonds. The van der Waals surface area contributed by atoms with Crippen LogP contribution < -0.4 is 5.32 Å². The van der Waals surface area contributed by atoms with Crippen LogP contribution in [0.3, 0.4) is 0 Å². The fourth-order valence-corrected chi connectivity index (χ4v) is 4.75. The molecule has 0 spiro atoms. The molecule has 1 N–H and O–H groups in total. The van der Waals surface area contributed by atoms with Crippen LogP contribution in [0.15, 0.2) is 0 Å². The quantitative estimate of drug-likeness (QED) is 0.768. The van der Waals surface area contributed by atoms with Gasteiger partial charge in [-0.15, -0.1) is 0 Å². The van der Waals surface area contributed by atoms with Crippen molar-refractivity contribution < 1.29 is 18.0 Å². The SMILES string of the molecule is CC(C)C(C)NC(=O)C1CCN(C(=O)C2CCCCN2S(C)(=O)=O)CC1. The van der Waals surface area contributed by atoms with Gasteiger partial charge < -0.3 is 10.2 Å². The van der Waals surface area contributed by atoms with Crippen LogP contribution in [0, 0.1) is 11.8 Å². The molecule has 2 unspecified atom stereocenters. The highest BCUT2D eigenvalue weighted by Crippen LogP contribution is 2.25. The summed E-state index contributed by atoms with van der Waals surface area (Å²) in [5, 5.41) is 3.05. The molecule has 2 heterocycles. The smallest absolute Gasteiger partial charge is 0.241 e. The van der Waals surface area contributed by atoms with E-state index in [0.29, 0.717) is 44.8 Å². The Morgan fingerprint density at radius 2 is 1.62 bits per heavy atom. The largest absolute Gasteiger partial charge is 0.353 e. The van der Waals surface area contributed by atoms with Crippen molar-refractivity contribution in [2.45, 2.75) is 65.0 Å². The molecule has 2 atom stereocenters. The number of sulfonamides is 1. The van der Waals surface area contributed by atoms with Crippen LogP contribution in [-0.4, -0.2) is 67.4 Å². The molecule has 8 heteroatoms. The van der Waals surface area contributed by atoms with Gasteiger partial charge in [0.25, 0.3) is 0 Å². The first-order valence-corrected chi connectivity index (χ1v) is 11.5. The molecular weight excluding hydrogens is 354 g/mol. The predicted octanol–water partition coefficient (Wildman–Crippen LogP) is 1.20. The third-order valence-electron chi connectivity index (χ3n) is 5.71. The fourth-order valence-electron chi connectivity index (χ4n) is 3.63. The molecule has 2 fully saturated rings. The zero-order chi connectivity index (χ0) is 19.5. The molecule has 0 aromatic carbocycles. The van der Waals surface area contributed by atoms with Gasteiger partial charge in [-0.05, 0) is 38.5 Å². The van der Waals surface area contributed by atoms with Crippen molar-refractivity contribution in [2.75, 3.05) is 25.9 Å². The monoisotopic (exact) mass is 387 g/mol. The van der Waals surface area contributed by atoms with E-state index in [1.165, 1.54) is 10.6 Å². The van der Waals surface area contributed by atoms with Crippen molar-refractivity contribution in [3.63, 3.8) is 0 Å². The summed E-state index contributed by atoms with van der Waals surface area (Å²) in [4.78, 5) is 27.0. The third-order valence-corrected chi connectivity index (χ3v) is 7.00. The first-order chi connectivity index (χ1) is 12.1. The number of hydrogen-bond acceptors (Lipinski definition) is 4. The van der Waals surface area contributed by atoms with Crippen LogP contribution >= 0.6 is 0 Å². The van der Waals surface area contributed by atoms with Gasteiger partial charge in [0.05, 0.1) is 6.26 Å². The fraction of sp³-hybridized carbons (Fsp3) is 0.889. The average Bonchev–Trinajstić information content (AvgIpc) is 2.60. The zero-order valence-electron chi connectivity index (χ0n) is 16.4. The van der Waals surface area contributed by atoms with E-state index in [4.69, 9.17) is 0 Å². The second-order valence-electron chi connectivity index (χ2n) is 8.03. The highest BCUT2D eigenvalue weighted by Gasteiger charge is 2.38. The van der Waals surface area contributed by atoms with Crippen LogP contribution in [0.25, 0.3) is 0 Å². The summed E-state index contributed by atoms with van der Waals surface area (Å²) in [6, 6.07) is -0.446. The van der Waals surface area contributed by atoms with Gasteiger partial charge in [0.15, 0.2) is 0 Å². The first kappa shape index (κ1) is 21.2. The number of nitrogens with zero attached hydrogens (tertiary/aromatic N) is 2. The highest BCUT2D eigenvalue weighted by atomic mass is 32.2. The molecule has 7 nitrogen and oxygen atoms in total. The van der Waals surface area contributed by atoms with Crippen molar-refractivity contribution in [2.24, 2.45) is 11.8 Å². The molecule has 2 aliphatic rings. The number of piperidine rings is 2. The van der Waals surface area contributed by atoms with E-state index in [0.717, 1.165) is 12.8 Å². The van der Waals surface area contributed by atoms with Gasteiger partial charge >= 0.3 is 0 Å². The summed E-state index contributed by atoms with van der Waals surface area (Å²) in [5.74, 6) is 0.268. The van der Waals surface area contributed by atoms with E-state index < -0.39 is 16.1 Å². The Labute approximate surface area is 157 Å². The molecule has 2 rings (SSSR count). The minimum absolute atomic E-state index is 0.0636. The first-order valence-electron chi connectivity index (χ1n) is 9.67. The lowest BCUT2D eigenvalue weighted by molar-refractivity contribution is -0.139. The van der Waals surface area contributed by atoms with Crippen molar-refractivity contribution >= 4 is 21.8 Å². The van der Waals surface area contributed by atoms with Crippen molar-refractivity contribution in [3.8, 4) is 0 Å². The summed E-state index contributed by atoms with van der Waals surface area (Å²) in [6.45, 7) is 7.60. The number of amides is 2. The van der Waals surface area contributed by atoms with E-state index in [1.807, 2.05) is 6.92 Å². The van der Waals surface area contributed by atoms with Crippen LogP contribution in [0.5, 0.6) is 0 Å². The summed E-state index contributed by atoms with van der Waals surface area (Å²) >= 11 is 0. The number of carbonyl (C=O) groups is 2. The summed E-state index contributed by atoms with van der Waals surface area (Å²) in [7, 11) is -3.38. The van der Waals surface area contributed by atoms with E-state index in [-0.39, 0.29) is 23.8 Å². The van der Waals surface area contributed by atoms with E-state index in [1.54, 1.807) is 4.90 Å². The number of nitrogens with one attached hydrogen (secondary N) is 1. The van der Waals surface area contributed by atoms with E-state index in [9.17, 15) is 18.0 Å². The normalized spacial score (nSPS) is 24.5. The minimum atomic E-state index is -3.38. The molecule has 2 saturated heterocycles. The minimum Gasteiger partial charge on any atom is -0.353 e. The van der Waals surface area contributed by atoms with Gasteiger partial charge in [-0.3, -0.25) is 9.59 Å². The van der Waals surface area contributed by atoms with Gasteiger partial charge in [-0.25, -0.2) is 8.42 Å². The molecule has 26 heavy (non-hydrogen) atoms. The maximum absolute atomic E-state index is 12.9. The summed E-state index contributed by atoms with van der Waals surface area (Å²) in [5.41, 5.74) is 0. The number of hydrogen-bond donors (Lipinski definition) is 1. The Hall–Kier alpha value is -1.15. The van der Waals surface area contributed by atoms with Crippen molar-refractivity contribution in [3.05, 3.63) is 0 Å². The number of likely N-dealkylation sites (tertiary alicyclic amines) is 1. The van der Waals surface area contributed by atoms with E-state index >= 15 is 0 Å². The zero-order valence-corrected chi connectivity index (χ0v) is 17.2. The molecule has 2 aliphatic heterocycles. The summed E-state index contributed by atoms with van der Waals surface area (Å²) in [6.07, 6.45) is 4.69. The second-order valence-corrected chi connectivity index (χ2v) is 9.96. The van der Waals surface area contributed by atoms with Gasteiger partial charge in [-0.2, -0.15) is 4.31 Å². The van der Waals surface area contributed by atoms with Gasteiger partial charge in [0.2, 0.25) is 21.8 Å². The standard InChI is InChI=1S/C18H33N3O4S/c1-13(2)14(3)19-17(22)15-8-11-20(12-9-15)18(23)16-7-5-6-10-21(16)26(4,24)25/h13-16H,5-12H2,1-4H3,(H,19,22). The summed E-state index contributed by atoms with van der Waals surface area (Å²) < 4.78 is 25.3. The van der Waals surface area contributed by atoms with Gasteiger partial charge in [-0.1, -0.05) is 20.3 Å². The molecule has 0 aromatic rings. The molecule has 0 aromatic heterocycles. The number of rotatable bonds is 5. The Bertz CT molecular complexity index is 612. The molecule has 0 aliphatic carbocycles. The Morgan fingerprint density at radius 1 is 1.00 bits per heavy atom. The Morgan fingerprint density at radius 3 is 2.15 bits per heavy atom. The lowest BCUT2D eigenvalue weighted by Gasteiger charge is -2.38. The van der Waals surface area contributed by atoms with Crippen LogP contribution in [0.2, 0.25) is 0 Å². The van der Waals surface area contributed by atoms with Gasteiger partial charge in [0.1, 0.15) is 6.04 Å². The molecule has 0 radical (unpaired) electrons. The van der Waals surface area contributed by atoms with Crippen molar-refractivity contribution in [1.29, 1.82) is 0 Å². The molecular formula is C18H33N3O4S. The van der Waals surface area contributed by atoms with Crippen LogP contribution in [-0.2, 0) is 19.6 Å². The van der Waals surface area contributed by atoms with Crippen LogP contribution in [0.1, 0.15) is 52.9 Å². The predicted molar refractivity (Wildman–Crippen MR) is 101 cm³/mol. The lowest BCUT2D eigenvalue weighted by atomic mass is 9.93. The highest BCUT2D eigenvalue weighted by molar-refractivity contribution is 7.88. The molecule has 0 bridgehead atoms. The van der Waals surface area contributed by atoms with E-state index in [2.05, 4.69) is 19.2 Å². The Balaban J connectivity index is 1.92. The third kappa shape index (κ3) is 5.19. The van der Waals surface area contributed by atoms with Gasteiger partial charge in [0, 0.05) is 31.6 Å². The Kier molecular flexibility index (Phi) is 7.07.